The number of hydrogen-bond donors (Lipinski definition) is 0. The fourth-order valence-electron chi connectivity index (χ4n) is 3.83. The van der Waals surface area contributed by atoms with Crippen molar-refractivity contribution < 1.29 is 9.59 Å². The van der Waals surface area contributed by atoms with Crippen molar-refractivity contribution in [1.29, 1.82) is 0 Å². The fraction of sp³-hybridized carbons (Fsp3) is 0.444. The van der Waals surface area contributed by atoms with Gasteiger partial charge in [0.1, 0.15) is 6.54 Å². The number of aromatic nitrogens is 3. The number of amides is 2. The van der Waals surface area contributed by atoms with Crippen LogP contribution in [-0.4, -0.2) is 55.8 Å². The molecule has 130 valence electrons. The molecule has 7 nitrogen and oxygen atoms in total. The standard InChI is InChI=1S/C18H21N5O2/c24-16(12-21-10-7-19-14-21)23-9-5-18(13-23)4-8-22(17(18)25)11-15-3-1-2-6-20-15/h1-3,6-7,10,14H,4-5,8-9,11-13H2. The van der Waals surface area contributed by atoms with E-state index in [1.807, 2.05) is 28.0 Å². The van der Waals surface area contributed by atoms with Gasteiger partial charge in [-0.05, 0) is 25.0 Å². The molecule has 2 fully saturated rings. The average molecular weight is 339 g/mol. The van der Waals surface area contributed by atoms with E-state index in [0.29, 0.717) is 19.6 Å². The van der Waals surface area contributed by atoms with Crippen LogP contribution in [0.1, 0.15) is 18.5 Å². The number of carbonyl (C=O) groups excluding carboxylic acids is 2. The Balaban J connectivity index is 1.40. The lowest BCUT2D eigenvalue weighted by atomic mass is 9.85. The average Bonchev–Trinajstić information content (AvgIpc) is 3.34. The molecule has 0 N–H and O–H groups in total. The van der Waals surface area contributed by atoms with E-state index in [-0.39, 0.29) is 18.4 Å². The maximum absolute atomic E-state index is 13.0. The Bertz CT molecular complexity index is 761. The summed E-state index contributed by atoms with van der Waals surface area (Å²) in [7, 11) is 0. The van der Waals surface area contributed by atoms with Crippen LogP contribution < -0.4 is 0 Å². The third-order valence-electron chi connectivity index (χ3n) is 5.26. The molecule has 1 unspecified atom stereocenters. The molecule has 1 atom stereocenters. The topological polar surface area (TPSA) is 71.3 Å². The first kappa shape index (κ1) is 15.8. The molecule has 7 heteroatoms. The first-order valence-corrected chi connectivity index (χ1v) is 8.59. The number of carbonyl (C=O) groups is 2. The van der Waals surface area contributed by atoms with Crippen LogP contribution in [0.5, 0.6) is 0 Å². The number of rotatable bonds is 4. The predicted molar refractivity (Wildman–Crippen MR) is 90.1 cm³/mol. The van der Waals surface area contributed by atoms with Crippen molar-refractivity contribution in [2.45, 2.75) is 25.9 Å². The Kier molecular flexibility index (Phi) is 3.99. The summed E-state index contributed by atoms with van der Waals surface area (Å²) in [6.45, 7) is 2.74. The molecule has 0 radical (unpaired) electrons. The second-order valence-electron chi connectivity index (χ2n) is 6.88. The Morgan fingerprint density at radius 1 is 1.20 bits per heavy atom. The molecule has 2 aromatic heterocycles. The normalized spacial score (nSPS) is 23.0. The highest BCUT2D eigenvalue weighted by Crippen LogP contribution is 2.41. The zero-order valence-electron chi connectivity index (χ0n) is 14.0. The molecule has 2 aromatic rings. The Labute approximate surface area is 146 Å². The van der Waals surface area contributed by atoms with Crippen LogP contribution in [0.25, 0.3) is 0 Å². The summed E-state index contributed by atoms with van der Waals surface area (Å²) in [5.41, 5.74) is 0.498. The van der Waals surface area contributed by atoms with Crippen molar-refractivity contribution in [3.63, 3.8) is 0 Å². The zero-order chi connectivity index (χ0) is 17.3. The molecular formula is C18H21N5O2. The van der Waals surface area contributed by atoms with Gasteiger partial charge in [-0.15, -0.1) is 0 Å². The van der Waals surface area contributed by atoms with Crippen LogP contribution in [0.4, 0.5) is 0 Å². The third-order valence-corrected chi connectivity index (χ3v) is 5.26. The third kappa shape index (κ3) is 3.01. The van der Waals surface area contributed by atoms with E-state index in [1.165, 1.54) is 0 Å². The van der Waals surface area contributed by atoms with E-state index >= 15 is 0 Å². The van der Waals surface area contributed by atoms with Gasteiger partial charge in [0, 0.05) is 38.2 Å². The summed E-state index contributed by atoms with van der Waals surface area (Å²) in [6.07, 6.45) is 8.39. The lowest BCUT2D eigenvalue weighted by Crippen LogP contribution is -2.39. The highest BCUT2D eigenvalue weighted by atomic mass is 16.2. The van der Waals surface area contributed by atoms with Crippen molar-refractivity contribution in [2.75, 3.05) is 19.6 Å². The maximum atomic E-state index is 13.0. The molecule has 4 heterocycles. The highest BCUT2D eigenvalue weighted by molar-refractivity contribution is 5.87. The number of likely N-dealkylation sites (tertiary alicyclic amines) is 2. The summed E-state index contributed by atoms with van der Waals surface area (Å²) >= 11 is 0. The number of pyridine rings is 1. The number of imidazole rings is 1. The Morgan fingerprint density at radius 3 is 2.84 bits per heavy atom. The Morgan fingerprint density at radius 2 is 2.08 bits per heavy atom. The summed E-state index contributed by atoms with van der Waals surface area (Å²) in [5, 5.41) is 0. The van der Waals surface area contributed by atoms with Gasteiger partial charge in [0.25, 0.3) is 0 Å². The van der Waals surface area contributed by atoms with Gasteiger partial charge in [0.2, 0.25) is 11.8 Å². The van der Waals surface area contributed by atoms with Crippen LogP contribution in [0.15, 0.2) is 43.1 Å². The van der Waals surface area contributed by atoms with E-state index < -0.39 is 5.41 Å². The van der Waals surface area contributed by atoms with E-state index in [0.717, 1.165) is 25.1 Å². The van der Waals surface area contributed by atoms with Crippen molar-refractivity contribution in [1.82, 2.24) is 24.3 Å². The summed E-state index contributed by atoms with van der Waals surface area (Å²) in [4.78, 5) is 37.4. The van der Waals surface area contributed by atoms with E-state index in [9.17, 15) is 9.59 Å². The van der Waals surface area contributed by atoms with Crippen LogP contribution in [-0.2, 0) is 22.7 Å². The van der Waals surface area contributed by atoms with Crippen LogP contribution in [0.2, 0.25) is 0 Å². The van der Waals surface area contributed by atoms with Crippen molar-refractivity contribution >= 4 is 11.8 Å². The first-order chi connectivity index (χ1) is 12.2. The Hall–Kier alpha value is -2.70. The molecule has 0 saturated carbocycles. The molecule has 1 spiro atoms. The molecule has 25 heavy (non-hydrogen) atoms. The molecule has 2 aliphatic heterocycles. The SMILES string of the molecule is O=C(Cn1ccnc1)N1CCC2(CCN(Cc3ccccn3)C2=O)C1. The van der Waals surface area contributed by atoms with Crippen LogP contribution in [0.3, 0.4) is 0 Å². The molecule has 0 bridgehead atoms. The molecule has 4 rings (SSSR count). The fourth-order valence-corrected chi connectivity index (χ4v) is 3.83. The van der Waals surface area contributed by atoms with Gasteiger partial charge < -0.3 is 14.4 Å². The van der Waals surface area contributed by atoms with E-state index in [1.54, 1.807) is 29.5 Å². The van der Waals surface area contributed by atoms with Crippen LogP contribution in [0, 0.1) is 5.41 Å². The minimum atomic E-state index is -0.403. The number of hydrogen-bond acceptors (Lipinski definition) is 4. The molecule has 0 aliphatic carbocycles. The molecule has 2 saturated heterocycles. The van der Waals surface area contributed by atoms with Gasteiger partial charge in [-0.2, -0.15) is 0 Å². The monoisotopic (exact) mass is 339 g/mol. The highest BCUT2D eigenvalue weighted by Gasteiger charge is 2.51. The lowest BCUT2D eigenvalue weighted by molar-refractivity contribution is -0.137. The summed E-state index contributed by atoms with van der Waals surface area (Å²) < 4.78 is 1.76. The van der Waals surface area contributed by atoms with Crippen molar-refractivity contribution in [2.24, 2.45) is 5.41 Å². The first-order valence-electron chi connectivity index (χ1n) is 8.59. The predicted octanol–water partition coefficient (Wildman–Crippen LogP) is 0.929. The minimum Gasteiger partial charge on any atom is -0.340 e. The van der Waals surface area contributed by atoms with Gasteiger partial charge >= 0.3 is 0 Å². The lowest BCUT2D eigenvalue weighted by Gasteiger charge is -2.23. The molecule has 2 amide bonds. The van der Waals surface area contributed by atoms with Gasteiger partial charge in [-0.3, -0.25) is 14.6 Å². The maximum Gasteiger partial charge on any atom is 0.242 e. The van der Waals surface area contributed by atoms with Gasteiger partial charge in [0.15, 0.2) is 0 Å². The van der Waals surface area contributed by atoms with Crippen molar-refractivity contribution in [3.05, 3.63) is 48.8 Å². The summed E-state index contributed by atoms with van der Waals surface area (Å²) in [6, 6.07) is 5.75. The van der Waals surface area contributed by atoms with Crippen molar-refractivity contribution in [3.8, 4) is 0 Å². The van der Waals surface area contributed by atoms with Gasteiger partial charge in [-0.25, -0.2) is 4.98 Å². The van der Waals surface area contributed by atoms with E-state index in [4.69, 9.17) is 0 Å². The van der Waals surface area contributed by atoms with Gasteiger partial charge in [0.05, 0.1) is 24.0 Å². The summed E-state index contributed by atoms with van der Waals surface area (Å²) in [5.74, 6) is 0.210. The smallest absolute Gasteiger partial charge is 0.242 e. The van der Waals surface area contributed by atoms with E-state index in [2.05, 4.69) is 9.97 Å². The zero-order valence-corrected chi connectivity index (χ0v) is 14.0. The quantitative estimate of drug-likeness (QED) is 0.831. The molecule has 0 aromatic carbocycles. The second kappa shape index (κ2) is 6.31. The minimum absolute atomic E-state index is 0.0471. The largest absolute Gasteiger partial charge is 0.340 e. The second-order valence-corrected chi connectivity index (χ2v) is 6.88. The molecular weight excluding hydrogens is 318 g/mol. The molecule has 2 aliphatic rings. The van der Waals surface area contributed by atoms with Crippen LogP contribution >= 0.6 is 0 Å². The van der Waals surface area contributed by atoms with Gasteiger partial charge in [-0.1, -0.05) is 6.07 Å². The number of nitrogens with zero attached hydrogens (tertiary/aromatic N) is 5.